The number of nitrogens with one attached hydrogen (secondary N) is 1. The van der Waals surface area contributed by atoms with Crippen molar-refractivity contribution in [3.8, 4) is 0 Å². The maximum atomic E-state index is 12.8. The van der Waals surface area contributed by atoms with Gasteiger partial charge in [-0.15, -0.1) is 3.89 Å². The van der Waals surface area contributed by atoms with Gasteiger partial charge in [0.1, 0.15) is 4.90 Å². The van der Waals surface area contributed by atoms with E-state index in [9.17, 15) is 21.9 Å². The minimum atomic E-state index is -5.03. The van der Waals surface area contributed by atoms with Gasteiger partial charge in [-0.25, -0.2) is 4.79 Å². The number of halogens is 1. The Balaban J connectivity index is 3.42. The third-order valence-corrected chi connectivity index (χ3v) is 2.68. The molecule has 0 spiro atoms. The zero-order valence-corrected chi connectivity index (χ0v) is 9.41. The van der Waals surface area contributed by atoms with Crippen LogP contribution in [-0.2, 0) is 15.0 Å². The summed E-state index contributed by atoms with van der Waals surface area (Å²) in [5.41, 5.74) is -0.666. The quantitative estimate of drug-likeness (QED) is 0.790. The van der Waals surface area contributed by atoms with E-state index in [4.69, 9.17) is 5.11 Å². The molecule has 8 heteroatoms. The molecule has 0 saturated carbocycles. The fraction of sp³-hybridized carbons (Fsp3) is 0.111. The second-order valence-electron chi connectivity index (χ2n) is 3.14. The highest BCUT2D eigenvalue weighted by Crippen LogP contribution is 2.24. The summed E-state index contributed by atoms with van der Waals surface area (Å²) < 4.78 is 34.3. The molecule has 0 unspecified atom stereocenters. The van der Waals surface area contributed by atoms with Crippen molar-refractivity contribution in [3.63, 3.8) is 0 Å². The fourth-order valence-corrected chi connectivity index (χ4v) is 1.77. The average Bonchev–Trinajstić information content (AvgIpc) is 2.14. The van der Waals surface area contributed by atoms with Gasteiger partial charge in [0.25, 0.3) is 0 Å². The van der Waals surface area contributed by atoms with E-state index in [-0.39, 0.29) is 5.56 Å². The molecule has 17 heavy (non-hydrogen) atoms. The molecule has 0 heterocycles. The first-order chi connectivity index (χ1) is 7.71. The Morgan fingerprint density at radius 3 is 2.35 bits per heavy atom. The highest BCUT2D eigenvalue weighted by molar-refractivity contribution is 7.86. The summed E-state index contributed by atoms with van der Waals surface area (Å²) in [5, 5.41) is 10.7. The van der Waals surface area contributed by atoms with Crippen molar-refractivity contribution in [2.75, 3.05) is 5.32 Å². The largest absolute Gasteiger partial charge is 0.478 e. The Bertz CT molecular complexity index is 581. The maximum Gasteiger partial charge on any atom is 0.335 e. The summed E-state index contributed by atoms with van der Waals surface area (Å²) in [7, 11) is -5.03. The lowest BCUT2D eigenvalue weighted by atomic mass is 10.2. The summed E-state index contributed by atoms with van der Waals surface area (Å²) in [6.45, 7) is 1.09. The summed E-state index contributed by atoms with van der Waals surface area (Å²) >= 11 is 0. The van der Waals surface area contributed by atoms with Crippen molar-refractivity contribution in [1.82, 2.24) is 0 Å². The van der Waals surface area contributed by atoms with Gasteiger partial charge in [0.05, 0.1) is 11.3 Å². The van der Waals surface area contributed by atoms with Crippen molar-refractivity contribution >= 4 is 27.8 Å². The average molecular weight is 261 g/mol. The normalized spacial score (nSPS) is 10.9. The van der Waals surface area contributed by atoms with Crippen LogP contribution in [-0.4, -0.2) is 25.4 Å². The van der Waals surface area contributed by atoms with Crippen LogP contribution in [0.5, 0.6) is 0 Å². The molecular weight excluding hydrogens is 253 g/mol. The van der Waals surface area contributed by atoms with Crippen molar-refractivity contribution in [3.05, 3.63) is 23.8 Å². The number of rotatable bonds is 3. The molecule has 0 aliphatic carbocycles. The van der Waals surface area contributed by atoms with Gasteiger partial charge < -0.3 is 10.4 Å². The minimum Gasteiger partial charge on any atom is -0.478 e. The molecular formula is C9H8FNO5S. The highest BCUT2D eigenvalue weighted by Gasteiger charge is 2.19. The van der Waals surface area contributed by atoms with Crippen molar-refractivity contribution in [2.24, 2.45) is 0 Å². The second kappa shape index (κ2) is 4.50. The number of benzene rings is 1. The van der Waals surface area contributed by atoms with Crippen molar-refractivity contribution in [2.45, 2.75) is 11.8 Å². The zero-order valence-electron chi connectivity index (χ0n) is 8.60. The number of carbonyl (C=O) groups excluding carboxylic acids is 1. The van der Waals surface area contributed by atoms with E-state index in [0.29, 0.717) is 0 Å². The van der Waals surface area contributed by atoms with Gasteiger partial charge in [-0.05, 0) is 18.2 Å². The number of anilines is 1. The standard InChI is InChI=1S/C9H8FNO5S/c1-5(12)11-7-4-6(9(13)14)2-3-8(7)17(10,15)16/h2-4H,1H3,(H,11,12)(H,13,14). The van der Waals surface area contributed by atoms with Crippen LogP contribution in [0.3, 0.4) is 0 Å². The third kappa shape index (κ3) is 3.25. The van der Waals surface area contributed by atoms with Crippen LogP contribution < -0.4 is 5.32 Å². The molecule has 1 amide bonds. The minimum absolute atomic E-state index is 0.263. The Morgan fingerprint density at radius 2 is 1.94 bits per heavy atom. The number of carboxylic acid groups (broad SMARTS) is 1. The number of aromatic carboxylic acids is 1. The number of carboxylic acids is 1. The lowest BCUT2D eigenvalue weighted by Crippen LogP contribution is -2.10. The first-order valence-corrected chi connectivity index (χ1v) is 5.70. The van der Waals surface area contributed by atoms with Crippen molar-refractivity contribution in [1.29, 1.82) is 0 Å². The summed E-state index contributed by atoms with van der Waals surface area (Å²) in [5.74, 6) is -1.96. The Labute approximate surface area is 96.3 Å². The third-order valence-electron chi connectivity index (χ3n) is 1.80. The fourth-order valence-electron chi connectivity index (χ4n) is 1.16. The molecule has 92 valence electrons. The van der Waals surface area contributed by atoms with Gasteiger partial charge in [-0.2, -0.15) is 8.42 Å². The second-order valence-corrected chi connectivity index (χ2v) is 4.45. The van der Waals surface area contributed by atoms with Gasteiger partial charge in [0.2, 0.25) is 5.91 Å². The first kappa shape index (κ1) is 13.1. The van der Waals surface area contributed by atoms with E-state index in [1.165, 1.54) is 0 Å². The van der Waals surface area contributed by atoms with Crippen LogP contribution in [0.1, 0.15) is 17.3 Å². The zero-order chi connectivity index (χ0) is 13.2. The molecule has 1 aromatic rings. The summed E-state index contributed by atoms with van der Waals surface area (Å²) in [6.07, 6.45) is 0. The smallest absolute Gasteiger partial charge is 0.335 e. The Kier molecular flexibility index (Phi) is 3.47. The van der Waals surface area contributed by atoms with Gasteiger partial charge >= 0.3 is 16.2 Å². The lowest BCUT2D eigenvalue weighted by Gasteiger charge is -2.07. The monoisotopic (exact) mass is 261 g/mol. The number of hydrogen-bond donors (Lipinski definition) is 2. The van der Waals surface area contributed by atoms with Crippen LogP contribution >= 0.6 is 0 Å². The Hall–Kier alpha value is -1.96. The molecule has 0 aliphatic rings. The molecule has 6 nitrogen and oxygen atoms in total. The van der Waals surface area contributed by atoms with Crippen molar-refractivity contribution < 1.29 is 27.0 Å². The Morgan fingerprint density at radius 1 is 1.35 bits per heavy atom. The highest BCUT2D eigenvalue weighted by atomic mass is 32.3. The van der Waals surface area contributed by atoms with Gasteiger partial charge in [-0.1, -0.05) is 0 Å². The molecule has 0 bridgehead atoms. The predicted molar refractivity (Wildman–Crippen MR) is 56.0 cm³/mol. The molecule has 0 fully saturated rings. The van der Waals surface area contributed by atoms with Gasteiger partial charge in [0, 0.05) is 6.92 Å². The molecule has 0 aromatic heterocycles. The molecule has 0 radical (unpaired) electrons. The summed E-state index contributed by atoms with van der Waals surface area (Å²) in [4.78, 5) is 20.7. The van der Waals surface area contributed by atoms with Crippen LogP contribution in [0.4, 0.5) is 9.57 Å². The topological polar surface area (TPSA) is 101 Å². The van der Waals surface area contributed by atoms with E-state index in [1.807, 2.05) is 0 Å². The van der Waals surface area contributed by atoms with E-state index in [2.05, 4.69) is 5.32 Å². The lowest BCUT2D eigenvalue weighted by molar-refractivity contribution is -0.114. The van der Waals surface area contributed by atoms with E-state index >= 15 is 0 Å². The van der Waals surface area contributed by atoms with Crippen LogP contribution in [0.25, 0.3) is 0 Å². The molecule has 1 aromatic carbocycles. The van der Waals surface area contributed by atoms with E-state index in [0.717, 1.165) is 25.1 Å². The molecule has 0 atom stereocenters. The van der Waals surface area contributed by atoms with Gasteiger partial charge in [-0.3, -0.25) is 4.79 Å². The first-order valence-electron chi connectivity index (χ1n) is 4.31. The van der Waals surface area contributed by atoms with E-state index < -0.39 is 32.7 Å². The van der Waals surface area contributed by atoms with E-state index in [1.54, 1.807) is 0 Å². The van der Waals surface area contributed by atoms with Crippen LogP contribution in [0.15, 0.2) is 23.1 Å². The molecule has 2 N–H and O–H groups in total. The van der Waals surface area contributed by atoms with Crippen LogP contribution in [0.2, 0.25) is 0 Å². The number of amides is 1. The van der Waals surface area contributed by atoms with Gasteiger partial charge in [0.15, 0.2) is 0 Å². The number of carbonyl (C=O) groups is 2. The molecule has 1 rings (SSSR count). The molecule has 0 aliphatic heterocycles. The SMILES string of the molecule is CC(=O)Nc1cc(C(=O)O)ccc1S(=O)(=O)F. The maximum absolute atomic E-state index is 12.8. The number of hydrogen-bond acceptors (Lipinski definition) is 4. The summed E-state index contributed by atoms with van der Waals surface area (Å²) in [6, 6.07) is 2.58. The predicted octanol–water partition coefficient (Wildman–Crippen LogP) is 1.00. The molecule has 0 saturated heterocycles. The van der Waals surface area contributed by atoms with Crippen LogP contribution in [0, 0.1) is 0 Å².